The number of nitrogens with zero attached hydrogens (tertiary/aromatic N) is 3. The van der Waals surface area contributed by atoms with E-state index in [4.69, 9.17) is 0 Å². The number of fused-ring (bicyclic) bond motifs is 1. The largest absolute Gasteiger partial charge is 0.283 e. The van der Waals surface area contributed by atoms with Gasteiger partial charge in [-0.1, -0.05) is 30.8 Å². The fraction of sp³-hybridized carbons (Fsp3) is 0.250. The van der Waals surface area contributed by atoms with Crippen molar-refractivity contribution in [2.45, 2.75) is 25.0 Å². The van der Waals surface area contributed by atoms with Crippen molar-refractivity contribution in [2.75, 3.05) is 6.26 Å². The van der Waals surface area contributed by atoms with Crippen LogP contribution in [0, 0.1) is 10.1 Å². The van der Waals surface area contributed by atoms with E-state index in [1.807, 2.05) is 12.3 Å². The predicted molar refractivity (Wildman–Crippen MR) is 97.2 cm³/mol. The van der Waals surface area contributed by atoms with Crippen molar-refractivity contribution in [1.29, 1.82) is 0 Å². The fourth-order valence-corrected chi connectivity index (χ4v) is 3.99. The van der Waals surface area contributed by atoms with Gasteiger partial charge in [0.1, 0.15) is 4.83 Å². The zero-order valence-electron chi connectivity index (χ0n) is 13.2. The number of thioether (sulfide) groups is 1. The number of aromatic nitrogens is 2. The summed E-state index contributed by atoms with van der Waals surface area (Å²) < 4.78 is 1.63. The van der Waals surface area contributed by atoms with Gasteiger partial charge in [-0.05, 0) is 24.3 Å². The van der Waals surface area contributed by atoms with Crippen LogP contribution in [0.3, 0.4) is 0 Å². The molecule has 3 rings (SSSR count). The molecule has 0 fully saturated rings. The first-order valence-electron chi connectivity index (χ1n) is 7.34. The molecule has 0 amide bonds. The Morgan fingerprint density at radius 2 is 2.04 bits per heavy atom. The van der Waals surface area contributed by atoms with Crippen molar-refractivity contribution in [3.05, 3.63) is 61.2 Å². The van der Waals surface area contributed by atoms with Crippen molar-refractivity contribution in [1.82, 2.24) is 9.55 Å². The number of benzene rings is 1. The van der Waals surface area contributed by atoms with Gasteiger partial charge in [-0.15, -0.1) is 11.3 Å². The zero-order chi connectivity index (χ0) is 17.3. The van der Waals surface area contributed by atoms with Crippen LogP contribution in [0.1, 0.15) is 17.4 Å². The lowest BCUT2D eigenvalue weighted by Gasteiger charge is -2.10. The molecule has 0 aliphatic carbocycles. The molecule has 6 nitrogen and oxygen atoms in total. The number of rotatable bonds is 5. The minimum absolute atomic E-state index is 0.0372. The summed E-state index contributed by atoms with van der Waals surface area (Å²) in [5.41, 5.74) is 0.791. The minimum Gasteiger partial charge on any atom is -0.283 e. The summed E-state index contributed by atoms with van der Waals surface area (Å²) in [4.78, 5) is 29.6. The molecule has 0 radical (unpaired) electrons. The van der Waals surface area contributed by atoms with Crippen LogP contribution < -0.4 is 5.56 Å². The minimum atomic E-state index is -0.436. The van der Waals surface area contributed by atoms with Crippen LogP contribution in [0.25, 0.3) is 10.2 Å². The van der Waals surface area contributed by atoms with Crippen LogP contribution in [0.4, 0.5) is 5.69 Å². The van der Waals surface area contributed by atoms with Gasteiger partial charge in [0, 0.05) is 17.0 Å². The van der Waals surface area contributed by atoms with Crippen molar-refractivity contribution in [2.24, 2.45) is 0 Å². The molecular formula is C16H15N3O3S2. The Bertz CT molecular complexity index is 961. The molecule has 2 heterocycles. The van der Waals surface area contributed by atoms with E-state index in [0.717, 1.165) is 21.7 Å². The van der Waals surface area contributed by atoms with E-state index in [0.29, 0.717) is 17.1 Å². The van der Waals surface area contributed by atoms with Crippen LogP contribution >= 0.6 is 23.1 Å². The summed E-state index contributed by atoms with van der Waals surface area (Å²) >= 11 is 2.97. The normalized spacial score (nSPS) is 11.1. The third-order valence-electron chi connectivity index (χ3n) is 3.69. The average molecular weight is 361 g/mol. The smallest absolute Gasteiger partial charge is 0.269 e. The van der Waals surface area contributed by atoms with Crippen molar-refractivity contribution >= 4 is 39.0 Å². The molecule has 0 saturated heterocycles. The van der Waals surface area contributed by atoms with Crippen LogP contribution in [-0.4, -0.2) is 20.7 Å². The summed E-state index contributed by atoms with van der Waals surface area (Å²) in [7, 11) is 0. The maximum atomic E-state index is 12.8. The Hall–Kier alpha value is -2.19. The second-order valence-corrected chi connectivity index (χ2v) is 7.09. The summed E-state index contributed by atoms with van der Waals surface area (Å²) in [6, 6.07) is 8.15. The van der Waals surface area contributed by atoms with Gasteiger partial charge in [-0.2, -0.15) is 0 Å². The lowest BCUT2D eigenvalue weighted by Crippen LogP contribution is -2.23. The second-order valence-electron chi connectivity index (χ2n) is 5.20. The van der Waals surface area contributed by atoms with E-state index in [9.17, 15) is 14.9 Å². The second kappa shape index (κ2) is 6.74. The molecule has 0 saturated carbocycles. The maximum absolute atomic E-state index is 12.8. The highest BCUT2D eigenvalue weighted by Gasteiger charge is 2.14. The van der Waals surface area contributed by atoms with E-state index in [-0.39, 0.29) is 11.2 Å². The van der Waals surface area contributed by atoms with E-state index in [2.05, 4.69) is 11.9 Å². The molecule has 0 atom stereocenters. The molecule has 0 N–H and O–H groups in total. The van der Waals surface area contributed by atoms with Crippen LogP contribution in [0.5, 0.6) is 0 Å². The van der Waals surface area contributed by atoms with Crippen LogP contribution in [0.15, 0.2) is 40.3 Å². The Morgan fingerprint density at radius 1 is 1.33 bits per heavy atom. The van der Waals surface area contributed by atoms with Crippen LogP contribution in [0.2, 0.25) is 0 Å². The molecule has 24 heavy (non-hydrogen) atoms. The highest BCUT2D eigenvalue weighted by molar-refractivity contribution is 7.98. The van der Waals surface area contributed by atoms with Gasteiger partial charge in [0.05, 0.1) is 16.9 Å². The summed E-state index contributed by atoms with van der Waals surface area (Å²) in [6.07, 6.45) is 2.76. The molecule has 0 aliphatic rings. The molecule has 2 aromatic heterocycles. The number of hydrogen-bond donors (Lipinski definition) is 0. The quantitative estimate of drug-likeness (QED) is 0.300. The highest BCUT2D eigenvalue weighted by atomic mass is 32.2. The summed E-state index contributed by atoms with van der Waals surface area (Å²) in [5.74, 6) is 0. The number of aryl methyl sites for hydroxylation is 1. The predicted octanol–water partition coefficient (Wildman–Crippen LogP) is 3.70. The van der Waals surface area contributed by atoms with Gasteiger partial charge in [0.15, 0.2) is 5.16 Å². The molecule has 0 unspecified atom stereocenters. The van der Waals surface area contributed by atoms with E-state index in [1.165, 1.54) is 23.9 Å². The monoisotopic (exact) mass is 361 g/mol. The number of nitro groups is 1. The molecule has 3 aromatic rings. The average Bonchev–Trinajstić information content (AvgIpc) is 3.01. The Kier molecular flexibility index (Phi) is 4.68. The SMILES string of the molecule is CCc1cc2c(=O)n(Cc3ccc([N+](=O)[O-])cc3)c(SC)nc2s1. The molecule has 124 valence electrons. The van der Waals surface area contributed by atoms with Crippen molar-refractivity contribution in [3.8, 4) is 0 Å². The topological polar surface area (TPSA) is 78.0 Å². The number of non-ortho nitro benzene ring substituents is 1. The first kappa shape index (κ1) is 16.7. The molecule has 0 bridgehead atoms. The van der Waals surface area contributed by atoms with Crippen molar-refractivity contribution in [3.63, 3.8) is 0 Å². The highest BCUT2D eigenvalue weighted by Crippen LogP contribution is 2.25. The van der Waals surface area contributed by atoms with E-state index in [1.54, 1.807) is 28.0 Å². The first-order valence-corrected chi connectivity index (χ1v) is 9.38. The van der Waals surface area contributed by atoms with Gasteiger partial charge < -0.3 is 0 Å². The molecular weight excluding hydrogens is 346 g/mol. The van der Waals surface area contributed by atoms with Crippen LogP contribution in [-0.2, 0) is 13.0 Å². The summed E-state index contributed by atoms with van der Waals surface area (Å²) in [6.45, 7) is 2.39. The Morgan fingerprint density at radius 3 is 2.62 bits per heavy atom. The third-order valence-corrected chi connectivity index (χ3v) is 5.54. The number of thiophene rings is 1. The molecule has 0 aliphatic heterocycles. The maximum Gasteiger partial charge on any atom is 0.269 e. The Labute approximate surface area is 146 Å². The lowest BCUT2D eigenvalue weighted by atomic mass is 10.2. The fourth-order valence-electron chi connectivity index (χ4n) is 2.42. The molecule has 0 spiro atoms. The number of hydrogen-bond acceptors (Lipinski definition) is 6. The van der Waals surface area contributed by atoms with Crippen molar-refractivity contribution < 1.29 is 4.92 Å². The number of nitro benzene ring substituents is 1. The van der Waals surface area contributed by atoms with E-state index >= 15 is 0 Å². The zero-order valence-corrected chi connectivity index (χ0v) is 14.8. The van der Waals surface area contributed by atoms with E-state index < -0.39 is 4.92 Å². The van der Waals surface area contributed by atoms with Gasteiger partial charge in [-0.25, -0.2) is 4.98 Å². The summed E-state index contributed by atoms with van der Waals surface area (Å²) in [5, 5.41) is 12.0. The molecule has 8 heteroatoms. The van der Waals surface area contributed by atoms with Gasteiger partial charge in [0.2, 0.25) is 0 Å². The van der Waals surface area contributed by atoms with Gasteiger partial charge in [-0.3, -0.25) is 19.5 Å². The van der Waals surface area contributed by atoms with Gasteiger partial charge >= 0.3 is 0 Å². The Balaban J connectivity index is 2.05. The third kappa shape index (κ3) is 3.07. The molecule has 1 aromatic carbocycles. The lowest BCUT2D eigenvalue weighted by molar-refractivity contribution is -0.384. The van der Waals surface area contributed by atoms with Gasteiger partial charge in [0.25, 0.3) is 11.2 Å². The first-order chi connectivity index (χ1) is 11.5. The standard InChI is InChI=1S/C16H15N3O3S2/c1-3-12-8-13-14(24-12)17-16(23-2)18(15(13)20)9-10-4-6-11(7-5-10)19(21)22/h4-8H,3,9H2,1-2H3.